The van der Waals surface area contributed by atoms with E-state index in [0.29, 0.717) is 31.2 Å². The van der Waals surface area contributed by atoms with Crippen LogP contribution in [0.1, 0.15) is 30.5 Å². The van der Waals surface area contributed by atoms with E-state index in [1.807, 2.05) is 31.2 Å². The van der Waals surface area contributed by atoms with Crippen molar-refractivity contribution in [2.45, 2.75) is 32.9 Å². The molecule has 0 saturated carbocycles. The number of nitrogens with zero attached hydrogens (tertiary/aromatic N) is 1. The number of amides is 1. The van der Waals surface area contributed by atoms with Gasteiger partial charge >= 0.3 is 5.97 Å². The minimum atomic E-state index is -0.845. The maximum absolute atomic E-state index is 12.7. The minimum absolute atomic E-state index is 0.186. The Morgan fingerprint density at radius 1 is 1.13 bits per heavy atom. The van der Waals surface area contributed by atoms with Crippen molar-refractivity contribution in [2.75, 3.05) is 20.3 Å². The van der Waals surface area contributed by atoms with Crippen molar-refractivity contribution in [3.63, 3.8) is 0 Å². The summed E-state index contributed by atoms with van der Waals surface area (Å²) in [4.78, 5) is 26.6. The van der Waals surface area contributed by atoms with Gasteiger partial charge in [0.25, 0.3) is 5.91 Å². The molecule has 0 fully saturated rings. The first-order valence-corrected chi connectivity index (χ1v) is 10.1. The highest BCUT2D eigenvalue weighted by molar-refractivity contribution is 5.90. The van der Waals surface area contributed by atoms with Gasteiger partial charge in [-0.25, -0.2) is 4.79 Å². The average Bonchev–Trinajstić information content (AvgIpc) is 2.77. The van der Waals surface area contributed by atoms with Crippen LogP contribution in [-0.4, -0.2) is 43.1 Å². The van der Waals surface area contributed by atoms with Gasteiger partial charge in [-0.2, -0.15) is 0 Å². The van der Waals surface area contributed by atoms with Crippen LogP contribution in [0.25, 0.3) is 6.08 Å². The van der Waals surface area contributed by atoms with Crippen LogP contribution in [-0.2, 0) is 27.3 Å². The standard InChI is InChI=1S/C24H27NO5/c1-4-29-21-11-9-18(15-22(21)28-3)10-12-23(26)30-17(2)24(27)25-14-13-19-7-5-6-8-20(19)16-25/h5-12,15,17H,4,13-14,16H2,1-3H3/b12-10+/t17-/m0/s1. The largest absolute Gasteiger partial charge is 0.493 e. The number of benzene rings is 2. The summed E-state index contributed by atoms with van der Waals surface area (Å²) in [5, 5.41) is 0. The summed E-state index contributed by atoms with van der Waals surface area (Å²) < 4.78 is 16.1. The lowest BCUT2D eigenvalue weighted by Crippen LogP contribution is -2.42. The molecule has 0 aromatic heterocycles. The molecular weight excluding hydrogens is 382 g/mol. The second-order valence-electron chi connectivity index (χ2n) is 7.03. The van der Waals surface area contributed by atoms with Crippen molar-refractivity contribution in [3.8, 4) is 11.5 Å². The zero-order valence-corrected chi connectivity index (χ0v) is 17.6. The fourth-order valence-electron chi connectivity index (χ4n) is 3.43. The van der Waals surface area contributed by atoms with Crippen LogP contribution in [0.2, 0.25) is 0 Å². The summed E-state index contributed by atoms with van der Waals surface area (Å²) in [5.41, 5.74) is 3.17. The lowest BCUT2D eigenvalue weighted by molar-refractivity contribution is -0.155. The van der Waals surface area contributed by atoms with Crippen LogP contribution in [0, 0.1) is 0 Å². The molecule has 1 aliphatic rings. The summed E-state index contributed by atoms with van der Waals surface area (Å²) in [6, 6.07) is 13.5. The van der Waals surface area contributed by atoms with E-state index >= 15 is 0 Å². The molecule has 0 N–H and O–H groups in total. The SMILES string of the molecule is CCOc1ccc(/C=C/C(=O)O[C@@H](C)C(=O)N2CCc3ccccc3C2)cc1OC. The van der Waals surface area contributed by atoms with Crippen LogP contribution < -0.4 is 9.47 Å². The average molecular weight is 409 g/mol. The Kier molecular flexibility index (Phi) is 7.12. The van der Waals surface area contributed by atoms with E-state index in [1.165, 1.54) is 11.6 Å². The van der Waals surface area contributed by atoms with Crippen molar-refractivity contribution < 1.29 is 23.8 Å². The molecule has 6 heteroatoms. The number of hydrogen-bond acceptors (Lipinski definition) is 5. The van der Waals surface area contributed by atoms with Crippen molar-refractivity contribution >= 4 is 18.0 Å². The molecule has 0 radical (unpaired) electrons. The zero-order chi connectivity index (χ0) is 21.5. The topological polar surface area (TPSA) is 65.1 Å². The van der Waals surface area contributed by atoms with Gasteiger partial charge in [-0.3, -0.25) is 4.79 Å². The van der Waals surface area contributed by atoms with Crippen LogP contribution >= 0.6 is 0 Å². The van der Waals surface area contributed by atoms with E-state index in [1.54, 1.807) is 37.1 Å². The smallest absolute Gasteiger partial charge is 0.331 e. The van der Waals surface area contributed by atoms with Gasteiger partial charge in [0.15, 0.2) is 17.6 Å². The maximum Gasteiger partial charge on any atom is 0.331 e. The number of carbonyl (C=O) groups is 2. The van der Waals surface area contributed by atoms with Gasteiger partial charge in [0, 0.05) is 19.2 Å². The fraction of sp³-hybridized carbons (Fsp3) is 0.333. The van der Waals surface area contributed by atoms with Crippen LogP contribution in [0.5, 0.6) is 11.5 Å². The summed E-state index contributed by atoms with van der Waals surface area (Å²) in [6.07, 6.45) is 2.89. The third-order valence-corrected chi connectivity index (χ3v) is 4.98. The zero-order valence-electron chi connectivity index (χ0n) is 17.6. The maximum atomic E-state index is 12.7. The molecule has 158 valence electrons. The van der Waals surface area contributed by atoms with Gasteiger partial charge in [-0.15, -0.1) is 0 Å². The second-order valence-corrected chi connectivity index (χ2v) is 7.03. The molecule has 1 heterocycles. The van der Waals surface area contributed by atoms with Crippen LogP contribution in [0.4, 0.5) is 0 Å². The molecule has 0 saturated heterocycles. The molecule has 2 aromatic carbocycles. The summed E-state index contributed by atoms with van der Waals surface area (Å²) >= 11 is 0. The highest BCUT2D eigenvalue weighted by atomic mass is 16.5. The molecule has 6 nitrogen and oxygen atoms in total. The summed E-state index contributed by atoms with van der Waals surface area (Å²) in [5.74, 6) is 0.471. The Balaban J connectivity index is 1.57. The minimum Gasteiger partial charge on any atom is -0.493 e. The molecule has 2 aromatic rings. The number of hydrogen-bond donors (Lipinski definition) is 0. The van der Waals surface area contributed by atoms with Gasteiger partial charge in [-0.1, -0.05) is 30.3 Å². The molecular formula is C24H27NO5. The first-order valence-electron chi connectivity index (χ1n) is 10.1. The molecule has 30 heavy (non-hydrogen) atoms. The Morgan fingerprint density at radius 3 is 2.63 bits per heavy atom. The number of carbonyl (C=O) groups excluding carboxylic acids is 2. The van der Waals surface area contributed by atoms with E-state index in [0.717, 1.165) is 17.5 Å². The quantitative estimate of drug-likeness (QED) is 0.516. The molecule has 0 spiro atoms. The Morgan fingerprint density at radius 2 is 1.90 bits per heavy atom. The Labute approximate surface area is 177 Å². The van der Waals surface area contributed by atoms with E-state index in [-0.39, 0.29) is 5.91 Å². The fourth-order valence-corrected chi connectivity index (χ4v) is 3.43. The summed E-state index contributed by atoms with van der Waals surface area (Å²) in [7, 11) is 1.56. The van der Waals surface area contributed by atoms with E-state index in [9.17, 15) is 9.59 Å². The highest BCUT2D eigenvalue weighted by Gasteiger charge is 2.26. The van der Waals surface area contributed by atoms with Crippen molar-refractivity contribution in [1.82, 2.24) is 4.90 Å². The molecule has 3 rings (SSSR count). The predicted octanol–water partition coefficient (Wildman–Crippen LogP) is 3.62. The molecule has 1 atom stereocenters. The van der Waals surface area contributed by atoms with E-state index in [4.69, 9.17) is 14.2 Å². The Bertz CT molecular complexity index is 937. The number of esters is 1. The van der Waals surface area contributed by atoms with Gasteiger partial charge in [-0.05, 0) is 55.2 Å². The van der Waals surface area contributed by atoms with E-state index in [2.05, 4.69) is 6.07 Å². The molecule has 0 aliphatic carbocycles. The number of fused-ring (bicyclic) bond motifs is 1. The summed E-state index contributed by atoms with van der Waals surface area (Å²) in [6.45, 7) is 5.20. The van der Waals surface area contributed by atoms with Gasteiger partial charge in [0.05, 0.1) is 13.7 Å². The molecule has 0 unspecified atom stereocenters. The van der Waals surface area contributed by atoms with Gasteiger partial charge < -0.3 is 19.1 Å². The predicted molar refractivity (Wildman–Crippen MR) is 114 cm³/mol. The molecule has 0 bridgehead atoms. The van der Waals surface area contributed by atoms with Gasteiger partial charge in [0.2, 0.25) is 0 Å². The third-order valence-electron chi connectivity index (χ3n) is 4.98. The Hall–Kier alpha value is -3.28. The highest BCUT2D eigenvalue weighted by Crippen LogP contribution is 2.28. The van der Waals surface area contributed by atoms with Crippen LogP contribution in [0.3, 0.4) is 0 Å². The van der Waals surface area contributed by atoms with Crippen molar-refractivity contribution in [2.24, 2.45) is 0 Å². The monoisotopic (exact) mass is 409 g/mol. The second kappa shape index (κ2) is 9.96. The lowest BCUT2D eigenvalue weighted by Gasteiger charge is -2.30. The molecule has 1 aliphatic heterocycles. The third kappa shape index (κ3) is 5.20. The lowest BCUT2D eigenvalue weighted by atomic mass is 9.99. The van der Waals surface area contributed by atoms with Crippen molar-refractivity contribution in [3.05, 3.63) is 65.2 Å². The normalized spacial score (nSPS) is 14.2. The van der Waals surface area contributed by atoms with E-state index < -0.39 is 12.1 Å². The number of rotatable bonds is 7. The van der Waals surface area contributed by atoms with Gasteiger partial charge in [0.1, 0.15) is 0 Å². The number of methoxy groups -OCH3 is 1. The number of ether oxygens (including phenoxy) is 3. The van der Waals surface area contributed by atoms with Crippen molar-refractivity contribution in [1.29, 1.82) is 0 Å². The van der Waals surface area contributed by atoms with Crippen LogP contribution in [0.15, 0.2) is 48.5 Å². The molecule has 1 amide bonds. The first-order chi connectivity index (χ1) is 14.5. The first kappa shape index (κ1) is 21.4.